The molecule has 1 saturated carbocycles. The third-order valence-electron chi connectivity index (χ3n) is 5.14. The minimum Gasteiger partial charge on any atom is -0.347 e. The van der Waals surface area contributed by atoms with Gasteiger partial charge < -0.3 is 9.80 Å². The third-order valence-corrected chi connectivity index (χ3v) is 5.14. The molecule has 3 rings (SSSR count). The lowest BCUT2D eigenvalue weighted by Gasteiger charge is -2.35. The number of nitro groups is 1. The minimum atomic E-state index is -0.401. The summed E-state index contributed by atoms with van der Waals surface area (Å²) in [6.07, 6.45) is 8.36. The number of piperazine rings is 1. The zero-order valence-corrected chi connectivity index (χ0v) is 13.9. The fraction of sp³-hybridized carbons (Fsp3) is 0.647. The van der Waals surface area contributed by atoms with Crippen molar-refractivity contribution in [2.45, 2.75) is 38.5 Å². The average molecular weight is 332 g/mol. The number of amides is 1. The second-order valence-corrected chi connectivity index (χ2v) is 6.66. The van der Waals surface area contributed by atoms with Gasteiger partial charge in [-0.3, -0.25) is 14.9 Å². The van der Waals surface area contributed by atoms with E-state index in [0.29, 0.717) is 38.4 Å². The molecule has 1 amide bonds. The summed E-state index contributed by atoms with van der Waals surface area (Å²) in [5.74, 6) is 1.35. The lowest BCUT2D eigenvalue weighted by molar-refractivity contribution is -0.384. The first-order valence-corrected chi connectivity index (χ1v) is 8.77. The fourth-order valence-electron chi connectivity index (χ4n) is 3.73. The third kappa shape index (κ3) is 3.83. The first kappa shape index (κ1) is 16.7. The molecule has 0 unspecified atom stereocenters. The number of hydrogen-bond acceptors (Lipinski definition) is 5. The number of nitrogens with zero attached hydrogens (tertiary/aromatic N) is 4. The Balaban J connectivity index is 1.52. The van der Waals surface area contributed by atoms with Gasteiger partial charge in [0, 0.05) is 44.9 Å². The minimum absolute atomic E-state index is 0.0264. The van der Waals surface area contributed by atoms with Gasteiger partial charge in [0.1, 0.15) is 0 Å². The molecule has 1 aliphatic heterocycles. The van der Waals surface area contributed by atoms with Crippen LogP contribution >= 0.6 is 0 Å². The maximum absolute atomic E-state index is 12.4. The Kier molecular flexibility index (Phi) is 5.27. The highest BCUT2D eigenvalue weighted by molar-refractivity contribution is 5.76. The molecule has 2 fully saturated rings. The predicted molar refractivity (Wildman–Crippen MR) is 90.9 cm³/mol. The first-order chi connectivity index (χ1) is 11.6. The number of rotatable bonds is 5. The van der Waals surface area contributed by atoms with Crippen LogP contribution in [0, 0.1) is 16.0 Å². The summed E-state index contributed by atoms with van der Waals surface area (Å²) in [6.45, 7) is 2.40. The molecule has 0 radical (unpaired) electrons. The van der Waals surface area contributed by atoms with E-state index >= 15 is 0 Å². The predicted octanol–water partition coefficient (Wildman–Crippen LogP) is 2.61. The molecular formula is C17H24N4O3. The molecule has 0 spiro atoms. The van der Waals surface area contributed by atoms with Gasteiger partial charge in [0.25, 0.3) is 0 Å². The van der Waals surface area contributed by atoms with E-state index in [2.05, 4.69) is 4.98 Å². The van der Waals surface area contributed by atoms with Gasteiger partial charge in [-0.25, -0.2) is 4.98 Å². The fourth-order valence-corrected chi connectivity index (χ4v) is 3.73. The topological polar surface area (TPSA) is 79.6 Å². The van der Waals surface area contributed by atoms with Crippen LogP contribution in [0.15, 0.2) is 18.3 Å². The van der Waals surface area contributed by atoms with Crippen molar-refractivity contribution in [2.75, 3.05) is 31.1 Å². The second kappa shape index (κ2) is 7.59. The van der Waals surface area contributed by atoms with Crippen LogP contribution in [0.1, 0.15) is 38.5 Å². The highest BCUT2D eigenvalue weighted by Crippen LogP contribution is 2.29. The van der Waals surface area contributed by atoms with Crippen molar-refractivity contribution in [3.8, 4) is 0 Å². The molecule has 1 aromatic heterocycles. The maximum atomic E-state index is 12.4. The van der Waals surface area contributed by atoms with Crippen LogP contribution in [-0.4, -0.2) is 46.9 Å². The lowest BCUT2D eigenvalue weighted by atomic mass is 10.0. The Morgan fingerprint density at radius 1 is 1.25 bits per heavy atom. The van der Waals surface area contributed by atoms with Crippen LogP contribution in [-0.2, 0) is 4.79 Å². The Bertz CT molecular complexity index is 593. The summed E-state index contributed by atoms with van der Waals surface area (Å²) in [7, 11) is 0. The zero-order valence-electron chi connectivity index (χ0n) is 13.9. The van der Waals surface area contributed by atoms with Crippen molar-refractivity contribution < 1.29 is 9.72 Å². The molecule has 1 saturated heterocycles. The molecule has 130 valence electrons. The van der Waals surface area contributed by atoms with E-state index in [9.17, 15) is 14.9 Å². The Morgan fingerprint density at radius 2 is 1.96 bits per heavy atom. The monoisotopic (exact) mass is 332 g/mol. The molecule has 0 atom stereocenters. The molecule has 0 bridgehead atoms. The van der Waals surface area contributed by atoms with Crippen molar-refractivity contribution in [1.29, 1.82) is 0 Å². The standard InChI is InChI=1S/C17H24N4O3/c22-16(8-7-14-4-1-2-5-14)19-10-12-20(13-11-19)17-15(21(23)24)6-3-9-18-17/h3,6,9,14H,1-2,4-5,7-8,10-13H2. The van der Waals surface area contributed by atoms with E-state index < -0.39 is 4.92 Å². The van der Waals surface area contributed by atoms with Crippen molar-refractivity contribution in [3.05, 3.63) is 28.4 Å². The van der Waals surface area contributed by atoms with E-state index in [-0.39, 0.29) is 11.6 Å². The van der Waals surface area contributed by atoms with Gasteiger partial charge in [-0.15, -0.1) is 0 Å². The van der Waals surface area contributed by atoms with Crippen molar-refractivity contribution >= 4 is 17.4 Å². The van der Waals surface area contributed by atoms with E-state index in [1.807, 2.05) is 9.80 Å². The number of pyridine rings is 1. The Labute approximate surface area is 141 Å². The van der Waals surface area contributed by atoms with Gasteiger partial charge in [-0.05, 0) is 18.4 Å². The first-order valence-electron chi connectivity index (χ1n) is 8.77. The van der Waals surface area contributed by atoms with Crippen molar-refractivity contribution in [3.63, 3.8) is 0 Å². The molecule has 7 nitrogen and oxygen atoms in total. The molecule has 1 aromatic rings. The normalized spacial score (nSPS) is 18.8. The van der Waals surface area contributed by atoms with Crippen LogP contribution in [0.3, 0.4) is 0 Å². The number of carbonyl (C=O) groups excluding carboxylic acids is 1. The van der Waals surface area contributed by atoms with Crippen LogP contribution in [0.4, 0.5) is 11.5 Å². The largest absolute Gasteiger partial charge is 0.347 e. The molecule has 0 aromatic carbocycles. The van der Waals surface area contributed by atoms with Gasteiger partial charge in [-0.1, -0.05) is 25.7 Å². The highest BCUT2D eigenvalue weighted by atomic mass is 16.6. The van der Waals surface area contributed by atoms with Gasteiger partial charge in [0.2, 0.25) is 11.7 Å². The van der Waals surface area contributed by atoms with Crippen LogP contribution in [0.2, 0.25) is 0 Å². The van der Waals surface area contributed by atoms with Gasteiger partial charge in [-0.2, -0.15) is 0 Å². The molecule has 0 N–H and O–H groups in total. The summed E-state index contributed by atoms with van der Waals surface area (Å²) in [4.78, 5) is 31.0. The molecule has 7 heteroatoms. The highest BCUT2D eigenvalue weighted by Gasteiger charge is 2.27. The van der Waals surface area contributed by atoms with E-state index in [4.69, 9.17) is 0 Å². The van der Waals surface area contributed by atoms with Gasteiger partial charge in [0.05, 0.1) is 4.92 Å². The molecule has 2 aliphatic rings. The zero-order chi connectivity index (χ0) is 16.9. The summed E-state index contributed by atoms with van der Waals surface area (Å²) < 4.78 is 0. The molecule has 24 heavy (non-hydrogen) atoms. The SMILES string of the molecule is O=C(CCC1CCCC1)N1CCN(c2ncccc2[N+](=O)[O-])CC1. The molecular weight excluding hydrogens is 308 g/mol. The Hall–Kier alpha value is -2.18. The smallest absolute Gasteiger partial charge is 0.311 e. The summed E-state index contributed by atoms with van der Waals surface area (Å²) in [5, 5.41) is 11.1. The van der Waals surface area contributed by atoms with Gasteiger partial charge >= 0.3 is 5.69 Å². The van der Waals surface area contributed by atoms with Crippen molar-refractivity contribution in [2.24, 2.45) is 5.92 Å². The van der Waals surface area contributed by atoms with Crippen LogP contribution in [0.5, 0.6) is 0 Å². The summed E-state index contributed by atoms with van der Waals surface area (Å²) in [5.41, 5.74) is 0.0264. The Morgan fingerprint density at radius 3 is 2.62 bits per heavy atom. The number of hydrogen-bond donors (Lipinski definition) is 0. The van der Waals surface area contributed by atoms with Crippen LogP contribution in [0.25, 0.3) is 0 Å². The molecule has 1 aliphatic carbocycles. The second-order valence-electron chi connectivity index (χ2n) is 6.66. The van der Waals surface area contributed by atoms with E-state index in [0.717, 1.165) is 12.3 Å². The van der Waals surface area contributed by atoms with E-state index in [1.165, 1.54) is 31.7 Å². The van der Waals surface area contributed by atoms with E-state index in [1.54, 1.807) is 12.3 Å². The van der Waals surface area contributed by atoms with Gasteiger partial charge in [0.15, 0.2) is 0 Å². The maximum Gasteiger partial charge on any atom is 0.311 e. The number of carbonyl (C=O) groups is 1. The summed E-state index contributed by atoms with van der Waals surface area (Å²) >= 11 is 0. The number of anilines is 1. The quantitative estimate of drug-likeness (QED) is 0.611. The number of aromatic nitrogens is 1. The average Bonchev–Trinajstić information content (AvgIpc) is 3.13. The van der Waals surface area contributed by atoms with Crippen molar-refractivity contribution in [1.82, 2.24) is 9.88 Å². The lowest BCUT2D eigenvalue weighted by Crippen LogP contribution is -2.49. The molecule has 2 heterocycles. The summed E-state index contributed by atoms with van der Waals surface area (Å²) in [6, 6.07) is 3.05. The van der Waals surface area contributed by atoms with Crippen LogP contribution < -0.4 is 4.90 Å².